The van der Waals surface area contributed by atoms with Gasteiger partial charge in [0.15, 0.2) is 0 Å². The fourth-order valence-electron chi connectivity index (χ4n) is 1.56. The summed E-state index contributed by atoms with van der Waals surface area (Å²) in [5.74, 6) is -1.49. The van der Waals surface area contributed by atoms with E-state index >= 15 is 0 Å². The Hall–Kier alpha value is -1.72. The van der Waals surface area contributed by atoms with Gasteiger partial charge in [0.2, 0.25) is 0 Å². The van der Waals surface area contributed by atoms with Gasteiger partial charge in [-0.1, -0.05) is 18.2 Å². The molecule has 6 heteroatoms. The van der Waals surface area contributed by atoms with Crippen LogP contribution in [0.15, 0.2) is 24.3 Å². The van der Waals surface area contributed by atoms with Crippen molar-refractivity contribution in [1.82, 2.24) is 5.32 Å². The molecule has 1 rings (SSSR count). The summed E-state index contributed by atoms with van der Waals surface area (Å²) in [6, 6.07) is 5.90. The van der Waals surface area contributed by atoms with E-state index in [1.165, 1.54) is 6.92 Å². The Labute approximate surface area is 109 Å². The summed E-state index contributed by atoms with van der Waals surface area (Å²) in [7, 11) is 0. The standard InChI is InChI=1S/C13H16F3NO2/c1-8(2)19-11-7-5-4-6-10(11)9(3)17-12(18)13(14,15)16/h4-9H,1-3H3,(H,17,18). The lowest BCUT2D eigenvalue weighted by atomic mass is 10.1. The molecule has 0 radical (unpaired) electrons. The lowest BCUT2D eigenvalue weighted by Crippen LogP contribution is -2.38. The number of hydrogen-bond acceptors (Lipinski definition) is 2. The topological polar surface area (TPSA) is 38.3 Å². The second-order valence-electron chi connectivity index (χ2n) is 4.40. The van der Waals surface area contributed by atoms with Crippen molar-refractivity contribution in [1.29, 1.82) is 0 Å². The Morgan fingerprint density at radius 3 is 2.32 bits per heavy atom. The number of alkyl halides is 3. The van der Waals surface area contributed by atoms with Gasteiger partial charge in [-0.15, -0.1) is 0 Å². The monoisotopic (exact) mass is 275 g/mol. The van der Waals surface area contributed by atoms with E-state index < -0.39 is 18.1 Å². The first kappa shape index (κ1) is 15.3. The van der Waals surface area contributed by atoms with Gasteiger partial charge in [0.1, 0.15) is 5.75 Å². The normalized spacial score (nSPS) is 13.2. The first-order valence-corrected chi connectivity index (χ1v) is 5.85. The Balaban J connectivity index is 2.88. The second-order valence-corrected chi connectivity index (χ2v) is 4.40. The summed E-state index contributed by atoms with van der Waals surface area (Å²) in [4.78, 5) is 10.9. The van der Waals surface area contributed by atoms with Crippen LogP contribution in [-0.4, -0.2) is 18.2 Å². The first-order chi connectivity index (χ1) is 8.71. The highest BCUT2D eigenvalue weighted by Crippen LogP contribution is 2.26. The number of carbonyl (C=O) groups is 1. The van der Waals surface area contributed by atoms with Crippen LogP contribution in [-0.2, 0) is 4.79 Å². The molecule has 1 aromatic carbocycles. The molecule has 1 aromatic rings. The second kappa shape index (κ2) is 5.95. The number of amides is 1. The summed E-state index contributed by atoms with van der Waals surface area (Å²) in [6.07, 6.45) is -4.99. The van der Waals surface area contributed by atoms with Crippen LogP contribution in [0.1, 0.15) is 32.4 Å². The smallest absolute Gasteiger partial charge is 0.471 e. The lowest BCUT2D eigenvalue weighted by Gasteiger charge is -2.20. The summed E-state index contributed by atoms with van der Waals surface area (Å²) < 4.78 is 42.1. The van der Waals surface area contributed by atoms with Crippen LogP contribution in [0.3, 0.4) is 0 Å². The van der Waals surface area contributed by atoms with Crippen LogP contribution in [0.5, 0.6) is 5.75 Å². The van der Waals surface area contributed by atoms with E-state index in [2.05, 4.69) is 0 Å². The maximum atomic E-state index is 12.2. The minimum Gasteiger partial charge on any atom is -0.491 e. The molecule has 1 N–H and O–H groups in total. The number of carbonyl (C=O) groups excluding carboxylic acids is 1. The third-order valence-corrected chi connectivity index (χ3v) is 2.35. The van der Waals surface area contributed by atoms with E-state index in [1.54, 1.807) is 24.3 Å². The number of para-hydroxylation sites is 1. The molecule has 0 heterocycles. The molecule has 0 aromatic heterocycles. The molecule has 1 amide bonds. The van der Waals surface area contributed by atoms with E-state index in [9.17, 15) is 18.0 Å². The predicted molar refractivity (Wildman–Crippen MR) is 64.8 cm³/mol. The average molecular weight is 275 g/mol. The molecule has 0 spiro atoms. The van der Waals surface area contributed by atoms with E-state index in [0.717, 1.165) is 0 Å². The Bertz CT molecular complexity index is 444. The maximum Gasteiger partial charge on any atom is 0.471 e. The van der Waals surface area contributed by atoms with Crippen LogP contribution >= 0.6 is 0 Å². The number of ether oxygens (including phenoxy) is 1. The van der Waals surface area contributed by atoms with Gasteiger partial charge in [-0.2, -0.15) is 13.2 Å². The Kier molecular flexibility index (Phi) is 4.80. The largest absolute Gasteiger partial charge is 0.491 e. The zero-order valence-electron chi connectivity index (χ0n) is 10.9. The zero-order chi connectivity index (χ0) is 14.6. The molecule has 0 aliphatic rings. The molecule has 0 aliphatic heterocycles. The molecular weight excluding hydrogens is 259 g/mol. The minimum absolute atomic E-state index is 0.105. The van der Waals surface area contributed by atoms with Gasteiger partial charge < -0.3 is 10.1 Å². The van der Waals surface area contributed by atoms with Crippen molar-refractivity contribution < 1.29 is 22.7 Å². The van der Waals surface area contributed by atoms with Gasteiger partial charge in [0, 0.05) is 5.56 Å². The summed E-state index contributed by atoms with van der Waals surface area (Å²) in [5, 5.41) is 1.91. The number of benzene rings is 1. The molecule has 0 aliphatic carbocycles. The number of hydrogen-bond donors (Lipinski definition) is 1. The van der Waals surface area contributed by atoms with E-state index in [0.29, 0.717) is 11.3 Å². The molecule has 0 fully saturated rings. The average Bonchev–Trinajstić information content (AvgIpc) is 2.27. The van der Waals surface area contributed by atoms with E-state index in [1.807, 2.05) is 19.2 Å². The Morgan fingerprint density at radius 2 is 1.79 bits per heavy atom. The Morgan fingerprint density at radius 1 is 1.21 bits per heavy atom. The molecule has 0 saturated heterocycles. The summed E-state index contributed by atoms with van der Waals surface area (Å²) in [6.45, 7) is 5.11. The van der Waals surface area contributed by atoms with Gasteiger partial charge >= 0.3 is 12.1 Å². The van der Waals surface area contributed by atoms with Crippen LogP contribution in [0.25, 0.3) is 0 Å². The van der Waals surface area contributed by atoms with Gasteiger partial charge in [-0.05, 0) is 26.8 Å². The molecular formula is C13H16F3NO2. The summed E-state index contributed by atoms with van der Waals surface area (Å²) >= 11 is 0. The van der Waals surface area contributed by atoms with Crippen molar-refractivity contribution in [3.8, 4) is 5.75 Å². The molecule has 0 saturated carbocycles. The van der Waals surface area contributed by atoms with Gasteiger partial charge in [0.05, 0.1) is 12.1 Å². The van der Waals surface area contributed by atoms with Crippen molar-refractivity contribution >= 4 is 5.91 Å². The van der Waals surface area contributed by atoms with E-state index in [-0.39, 0.29) is 6.10 Å². The SMILES string of the molecule is CC(C)Oc1ccccc1C(C)NC(=O)C(F)(F)F. The zero-order valence-corrected chi connectivity index (χ0v) is 10.9. The number of rotatable bonds is 4. The minimum atomic E-state index is -4.89. The van der Waals surface area contributed by atoms with Crippen LogP contribution in [0.4, 0.5) is 13.2 Å². The molecule has 1 atom stereocenters. The fourth-order valence-corrected chi connectivity index (χ4v) is 1.56. The quantitative estimate of drug-likeness (QED) is 0.916. The molecule has 106 valence electrons. The molecule has 19 heavy (non-hydrogen) atoms. The number of halogens is 3. The molecule has 0 bridgehead atoms. The highest BCUT2D eigenvalue weighted by molar-refractivity contribution is 5.82. The van der Waals surface area contributed by atoms with Crippen LogP contribution in [0.2, 0.25) is 0 Å². The van der Waals surface area contributed by atoms with Gasteiger partial charge in [-0.3, -0.25) is 4.79 Å². The number of nitrogens with one attached hydrogen (secondary N) is 1. The lowest BCUT2D eigenvalue weighted by molar-refractivity contribution is -0.174. The van der Waals surface area contributed by atoms with Gasteiger partial charge in [-0.25, -0.2) is 0 Å². The van der Waals surface area contributed by atoms with E-state index in [4.69, 9.17) is 4.74 Å². The molecule has 3 nitrogen and oxygen atoms in total. The first-order valence-electron chi connectivity index (χ1n) is 5.85. The van der Waals surface area contributed by atoms with Gasteiger partial charge in [0.25, 0.3) is 0 Å². The maximum absolute atomic E-state index is 12.2. The predicted octanol–water partition coefficient (Wildman–Crippen LogP) is 3.21. The fraction of sp³-hybridized carbons (Fsp3) is 0.462. The van der Waals surface area contributed by atoms with Crippen LogP contribution < -0.4 is 10.1 Å². The van der Waals surface area contributed by atoms with Crippen molar-refractivity contribution in [2.24, 2.45) is 0 Å². The third-order valence-electron chi connectivity index (χ3n) is 2.35. The van der Waals surface area contributed by atoms with Crippen molar-refractivity contribution in [3.05, 3.63) is 29.8 Å². The molecule has 1 unspecified atom stereocenters. The highest BCUT2D eigenvalue weighted by atomic mass is 19.4. The van der Waals surface area contributed by atoms with Crippen molar-refractivity contribution in [2.45, 2.75) is 39.1 Å². The summed E-state index contributed by atoms with van der Waals surface area (Å²) in [5.41, 5.74) is 0.508. The highest BCUT2D eigenvalue weighted by Gasteiger charge is 2.39. The third kappa shape index (κ3) is 4.46. The van der Waals surface area contributed by atoms with Crippen molar-refractivity contribution in [3.63, 3.8) is 0 Å². The van der Waals surface area contributed by atoms with Crippen molar-refractivity contribution in [2.75, 3.05) is 0 Å². The van der Waals surface area contributed by atoms with Crippen LogP contribution in [0, 0.1) is 0 Å².